The number of hydrogen-bond donors (Lipinski definition) is 2. The van der Waals surface area contributed by atoms with Gasteiger partial charge >= 0.3 is 12.1 Å². The van der Waals surface area contributed by atoms with Gasteiger partial charge < -0.3 is 9.84 Å². The number of ether oxygens (including phenoxy) is 1. The fraction of sp³-hybridized carbons (Fsp3) is 0.222. The Morgan fingerprint density at radius 3 is 2.93 bits per heavy atom. The highest BCUT2D eigenvalue weighted by atomic mass is 16.5. The molecule has 1 rings (SSSR count). The van der Waals surface area contributed by atoms with Crippen molar-refractivity contribution in [2.24, 2.45) is 0 Å². The third kappa shape index (κ3) is 3.26. The van der Waals surface area contributed by atoms with Crippen molar-refractivity contribution in [3.05, 3.63) is 23.9 Å². The van der Waals surface area contributed by atoms with Crippen molar-refractivity contribution in [2.45, 2.75) is 6.92 Å². The second kappa shape index (κ2) is 4.94. The number of pyridine rings is 1. The van der Waals surface area contributed by atoms with Gasteiger partial charge in [-0.05, 0) is 19.1 Å². The number of rotatable bonds is 3. The maximum atomic E-state index is 11.0. The van der Waals surface area contributed by atoms with Crippen molar-refractivity contribution in [3.8, 4) is 0 Å². The molecule has 80 valence electrons. The van der Waals surface area contributed by atoms with E-state index in [1.54, 1.807) is 6.92 Å². The van der Waals surface area contributed by atoms with Gasteiger partial charge in [0.05, 0.1) is 12.2 Å². The van der Waals surface area contributed by atoms with Crippen LogP contribution in [-0.4, -0.2) is 28.8 Å². The van der Waals surface area contributed by atoms with Crippen LogP contribution in [-0.2, 0) is 4.74 Å². The first-order valence-electron chi connectivity index (χ1n) is 4.26. The smallest absolute Gasteiger partial charge is 0.412 e. The van der Waals surface area contributed by atoms with Crippen molar-refractivity contribution >= 4 is 17.9 Å². The summed E-state index contributed by atoms with van der Waals surface area (Å²) < 4.78 is 4.61. The average molecular weight is 210 g/mol. The number of carbonyl (C=O) groups excluding carboxylic acids is 1. The van der Waals surface area contributed by atoms with Crippen LogP contribution in [0.2, 0.25) is 0 Å². The molecule has 0 aliphatic heterocycles. The van der Waals surface area contributed by atoms with Crippen LogP contribution in [0.4, 0.5) is 10.6 Å². The molecule has 0 saturated heterocycles. The number of aromatic carboxylic acids is 1. The van der Waals surface area contributed by atoms with E-state index in [1.165, 1.54) is 18.3 Å². The zero-order valence-corrected chi connectivity index (χ0v) is 8.06. The van der Waals surface area contributed by atoms with Gasteiger partial charge in [0.25, 0.3) is 0 Å². The van der Waals surface area contributed by atoms with E-state index < -0.39 is 12.1 Å². The molecule has 1 amide bonds. The molecule has 0 aromatic carbocycles. The largest absolute Gasteiger partial charge is 0.478 e. The first kappa shape index (κ1) is 11.0. The normalized spacial score (nSPS) is 9.40. The van der Waals surface area contributed by atoms with E-state index in [1.807, 2.05) is 0 Å². The molecule has 2 N–H and O–H groups in total. The van der Waals surface area contributed by atoms with E-state index in [2.05, 4.69) is 15.0 Å². The fourth-order valence-electron chi connectivity index (χ4n) is 0.904. The number of amides is 1. The summed E-state index contributed by atoms with van der Waals surface area (Å²) in [6.45, 7) is 1.91. The van der Waals surface area contributed by atoms with Gasteiger partial charge in [-0.1, -0.05) is 0 Å². The van der Waals surface area contributed by atoms with Crippen LogP contribution >= 0.6 is 0 Å². The summed E-state index contributed by atoms with van der Waals surface area (Å²) in [5.41, 5.74) is 0.0526. The first-order valence-corrected chi connectivity index (χ1v) is 4.26. The van der Waals surface area contributed by atoms with Gasteiger partial charge in [0, 0.05) is 6.20 Å². The molecule has 0 radical (unpaired) electrons. The molecular weight excluding hydrogens is 200 g/mol. The number of carbonyl (C=O) groups is 2. The van der Waals surface area contributed by atoms with Crippen LogP contribution < -0.4 is 5.32 Å². The van der Waals surface area contributed by atoms with Gasteiger partial charge in [0.2, 0.25) is 0 Å². The average Bonchev–Trinajstić information content (AvgIpc) is 2.18. The van der Waals surface area contributed by atoms with Gasteiger partial charge in [-0.2, -0.15) is 0 Å². The molecule has 6 nitrogen and oxygen atoms in total. The molecule has 0 atom stereocenters. The van der Waals surface area contributed by atoms with Gasteiger partial charge in [-0.25, -0.2) is 14.6 Å². The quantitative estimate of drug-likeness (QED) is 0.786. The molecule has 0 fully saturated rings. The van der Waals surface area contributed by atoms with E-state index in [9.17, 15) is 9.59 Å². The molecule has 6 heteroatoms. The number of nitrogens with zero attached hydrogens (tertiary/aromatic N) is 1. The van der Waals surface area contributed by atoms with Gasteiger partial charge in [0.15, 0.2) is 0 Å². The summed E-state index contributed by atoms with van der Waals surface area (Å²) in [4.78, 5) is 25.3. The monoisotopic (exact) mass is 210 g/mol. The summed E-state index contributed by atoms with van der Waals surface area (Å²) in [6, 6.07) is 2.58. The molecule has 0 aliphatic rings. The molecule has 0 unspecified atom stereocenters. The molecule has 0 bridgehead atoms. The Hall–Kier alpha value is -2.11. The van der Waals surface area contributed by atoms with E-state index in [0.29, 0.717) is 0 Å². The Labute approximate surface area is 85.9 Å². The highest BCUT2D eigenvalue weighted by Crippen LogP contribution is 2.06. The lowest BCUT2D eigenvalue weighted by Gasteiger charge is -2.04. The van der Waals surface area contributed by atoms with Gasteiger partial charge in [-0.15, -0.1) is 0 Å². The van der Waals surface area contributed by atoms with Crippen molar-refractivity contribution < 1.29 is 19.4 Å². The van der Waals surface area contributed by atoms with Crippen molar-refractivity contribution in [2.75, 3.05) is 11.9 Å². The molecule has 1 heterocycles. The summed E-state index contributed by atoms with van der Waals surface area (Å²) in [5, 5.41) is 11.0. The summed E-state index contributed by atoms with van der Waals surface area (Å²) in [7, 11) is 0. The molecule has 15 heavy (non-hydrogen) atoms. The number of aromatic nitrogens is 1. The Morgan fingerprint density at radius 1 is 1.60 bits per heavy atom. The van der Waals surface area contributed by atoms with Gasteiger partial charge in [-0.3, -0.25) is 5.32 Å². The predicted octanol–water partition coefficient (Wildman–Crippen LogP) is 1.35. The van der Waals surface area contributed by atoms with Crippen molar-refractivity contribution in [1.29, 1.82) is 0 Å². The van der Waals surface area contributed by atoms with E-state index in [4.69, 9.17) is 5.11 Å². The first-order chi connectivity index (χ1) is 7.13. The summed E-state index contributed by atoms with van der Waals surface area (Å²) in [6.07, 6.45) is 0.637. The molecule has 0 spiro atoms. The Kier molecular flexibility index (Phi) is 3.61. The Balaban J connectivity index is 2.73. The fourth-order valence-corrected chi connectivity index (χ4v) is 0.904. The summed E-state index contributed by atoms with van der Waals surface area (Å²) in [5.74, 6) is -0.933. The minimum atomic E-state index is -1.08. The predicted molar refractivity (Wildman–Crippen MR) is 51.8 cm³/mol. The highest BCUT2D eigenvalue weighted by Gasteiger charge is 2.06. The number of nitrogens with one attached hydrogen (secondary N) is 1. The second-order valence-corrected chi connectivity index (χ2v) is 2.58. The molecule has 1 aromatic rings. The Morgan fingerprint density at radius 2 is 2.33 bits per heavy atom. The lowest BCUT2D eigenvalue weighted by molar-refractivity contribution is 0.0696. The summed E-state index contributed by atoms with van der Waals surface area (Å²) >= 11 is 0. The van der Waals surface area contributed by atoms with Crippen molar-refractivity contribution in [3.63, 3.8) is 0 Å². The van der Waals surface area contributed by atoms with Crippen LogP contribution in [0.15, 0.2) is 18.3 Å². The maximum absolute atomic E-state index is 11.0. The molecule has 0 saturated carbocycles. The number of anilines is 1. The topological polar surface area (TPSA) is 88.5 Å². The third-order valence-corrected chi connectivity index (χ3v) is 1.51. The molecule has 1 aromatic heterocycles. The standard InChI is InChI=1S/C9H10N2O4/c1-2-15-9(14)11-7-5-6(8(12)13)3-4-10-7/h3-5H,2H2,1H3,(H,12,13)(H,10,11,14). The van der Waals surface area contributed by atoms with Crippen LogP contribution in [0.5, 0.6) is 0 Å². The SMILES string of the molecule is CCOC(=O)Nc1cc(C(=O)O)ccn1. The van der Waals surface area contributed by atoms with E-state index in [0.717, 1.165) is 0 Å². The lowest BCUT2D eigenvalue weighted by Crippen LogP contribution is -2.14. The number of carboxylic acid groups (broad SMARTS) is 1. The minimum absolute atomic E-state index is 0.0526. The minimum Gasteiger partial charge on any atom is -0.478 e. The zero-order chi connectivity index (χ0) is 11.3. The van der Waals surface area contributed by atoms with Crippen LogP contribution in [0.25, 0.3) is 0 Å². The third-order valence-electron chi connectivity index (χ3n) is 1.51. The Bertz CT molecular complexity index is 378. The van der Waals surface area contributed by atoms with E-state index in [-0.39, 0.29) is 18.0 Å². The molecular formula is C9H10N2O4. The highest BCUT2D eigenvalue weighted by molar-refractivity contribution is 5.90. The van der Waals surface area contributed by atoms with E-state index >= 15 is 0 Å². The zero-order valence-electron chi connectivity index (χ0n) is 8.06. The van der Waals surface area contributed by atoms with Gasteiger partial charge in [0.1, 0.15) is 5.82 Å². The van der Waals surface area contributed by atoms with Crippen LogP contribution in [0.3, 0.4) is 0 Å². The maximum Gasteiger partial charge on any atom is 0.412 e. The number of carboxylic acids is 1. The lowest BCUT2D eigenvalue weighted by atomic mass is 10.3. The number of hydrogen-bond acceptors (Lipinski definition) is 4. The second-order valence-electron chi connectivity index (χ2n) is 2.58. The van der Waals surface area contributed by atoms with Crippen molar-refractivity contribution in [1.82, 2.24) is 4.98 Å². The molecule has 0 aliphatic carbocycles. The van der Waals surface area contributed by atoms with Crippen LogP contribution in [0.1, 0.15) is 17.3 Å². The van der Waals surface area contributed by atoms with Crippen LogP contribution in [0, 0.1) is 0 Å².